The standard InChI is InChI=1S/C18H25N5O2/c1-12(23-10-7-19-13(23)2)11-17(24)22-8-5-15-16(6-9-22)20-14(3)21(4)18(15)25/h7,10,12H,5-6,8-9,11H2,1-4H3/t12-/m0/s1. The number of imidazole rings is 1. The SMILES string of the molecule is Cc1nccn1[C@@H](C)CC(=O)N1CCc2nc(C)n(C)c(=O)c2CC1. The Morgan fingerprint density at radius 3 is 2.64 bits per heavy atom. The number of amides is 1. The predicted octanol–water partition coefficient (Wildman–Crippen LogP) is 1.17. The van der Waals surface area contributed by atoms with Crippen LogP contribution >= 0.6 is 0 Å². The zero-order chi connectivity index (χ0) is 18.1. The third-order valence-corrected chi connectivity index (χ3v) is 5.10. The normalized spacial score (nSPS) is 15.6. The van der Waals surface area contributed by atoms with E-state index in [1.807, 2.05) is 36.4 Å². The molecule has 7 nitrogen and oxygen atoms in total. The second-order valence-electron chi connectivity index (χ2n) is 6.76. The number of rotatable bonds is 3. The summed E-state index contributed by atoms with van der Waals surface area (Å²) in [4.78, 5) is 35.8. The molecule has 0 fully saturated rings. The van der Waals surface area contributed by atoms with E-state index in [9.17, 15) is 9.59 Å². The molecule has 2 aromatic heterocycles. The van der Waals surface area contributed by atoms with Gasteiger partial charge >= 0.3 is 0 Å². The maximum atomic E-state index is 12.7. The van der Waals surface area contributed by atoms with Crippen LogP contribution in [-0.2, 0) is 24.7 Å². The molecule has 3 heterocycles. The molecule has 1 atom stereocenters. The minimum atomic E-state index is 0.0132. The molecule has 0 N–H and O–H groups in total. The van der Waals surface area contributed by atoms with Gasteiger partial charge in [0.15, 0.2) is 0 Å². The van der Waals surface area contributed by atoms with Crippen molar-refractivity contribution < 1.29 is 4.79 Å². The van der Waals surface area contributed by atoms with Gasteiger partial charge in [-0.1, -0.05) is 0 Å². The molecular weight excluding hydrogens is 318 g/mol. The highest BCUT2D eigenvalue weighted by molar-refractivity contribution is 5.76. The Bertz CT molecular complexity index is 852. The van der Waals surface area contributed by atoms with Crippen molar-refractivity contribution in [3.63, 3.8) is 0 Å². The highest BCUT2D eigenvalue weighted by atomic mass is 16.2. The second kappa shape index (κ2) is 6.82. The van der Waals surface area contributed by atoms with E-state index in [0.717, 1.165) is 17.1 Å². The summed E-state index contributed by atoms with van der Waals surface area (Å²) in [7, 11) is 1.74. The van der Waals surface area contributed by atoms with Crippen molar-refractivity contribution >= 4 is 5.91 Å². The first-order valence-corrected chi connectivity index (χ1v) is 8.71. The third kappa shape index (κ3) is 3.36. The molecule has 3 rings (SSSR count). The molecule has 0 aliphatic carbocycles. The largest absolute Gasteiger partial charge is 0.342 e. The Kier molecular flexibility index (Phi) is 4.74. The average Bonchev–Trinajstić information content (AvgIpc) is 2.88. The first kappa shape index (κ1) is 17.4. The monoisotopic (exact) mass is 343 g/mol. The maximum Gasteiger partial charge on any atom is 0.256 e. The van der Waals surface area contributed by atoms with Crippen molar-refractivity contribution in [2.45, 2.75) is 46.1 Å². The fraction of sp³-hybridized carbons (Fsp3) is 0.556. The molecule has 25 heavy (non-hydrogen) atoms. The van der Waals surface area contributed by atoms with Crippen LogP contribution in [0.25, 0.3) is 0 Å². The zero-order valence-corrected chi connectivity index (χ0v) is 15.3. The Hall–Kier alpha value is -2.44. The van der Waals surface area contributed by atoms with Crippen molar-refractivity contribution in [3.05, 3.63) is 45.7 Å². The lowest BCUT2D eigenvalue weighted by Gasteiger charge is -2.23. The highest BCUT2D eigenvalue weighted by Crippen LogP contribution is 2.17. The number of aryl methyl sites for hydroxylation is 2. The lowest BCUT2D eigenvalue weighted by atomic mass is 10.1. The van der Waals surface area contributed by atoms with Gasteiger partial charge in [-0.2, -0.15) is 0 Å². The van der Waals surface area contributed by atoms with Crippen LogP contribution in [0.1, 0.15) is 42.3 Å². The van der Waals surface area contributed by atoms with Gasteiger partial charge in [-0.05, 0) is 27.2 Å². The molecular formula is C18H25N5O2. The van der Waals surface area contributed by atoms with E-state index in [1.54, 1.807) is 17.8 Å². The number of nitrogens with zero attached hydrogens (tertiary/aromatic N) is 5. The molecule has 7 heteroatoms. The molecule has 2 aromatic rings. The van der Waals surface area contributed by atoms with Gasteiger partial charge in [-0.15, -0.1) is 0 Å². The van der Waals surface area contributed by atoms with E-state index in [-0.39, 0.29) is 17.5 Å². The molecule has 1 aliphatic rings. The van der Waals surface area contributed by atoms with E-state index < -0.39 is 0 Å². The van der Waals surface area contributed by atoms with Gasteiger partial charge in [0, 0.05) is 57.0 Å². The van der Waals surface area contributed by atoms with Gasteiger partial charge in [-0.25, -0.2) is 9.97 Å². The summed E-state index contributed by atoms with van der Waals surface area (Å²) in [6, 6.07) is 0.0638. The molecule has 134 valence electrons. The van der Waals surface area contributed by atoms with Gasteiger partial charge in [0.2, 0.25) is 5.91 Å². The minimum absolute atomic E-state index is 0.0132. The van der Waals surface area contributed by atoms with Crippen LogP contribution in [0.4, 0.5) is 0 Å². The first-order chi connectivity index (χ1) is 11.9. The summed E-state index contributed by atoms with van der Waals surface area (Å²) < 4.78 is 3.60. The van der Waals surface area contributed by atoms with Crippen LogP contribution < -0.4 is 5.56 Å². The van der Waals surface area contributed by atoms with Crippen molar-refractivity contribution in [2.75, 3.05) is 13.1 Å². The fourth-order valence-electron chi connectivity index (χ4n) is 3.45. The zero-order valence-electron chi connectivity index (χ0n) is 15.3. The van der Waals surface area contributed by atoms with Crippen molar-refractivity contribution in [3.8, 4) is 0 Å². The summed E-state index contributed by atoms with van der Waals surface area (Å²) >= 11 is 0. The van der Waals surface area contributed by atoms with E-state index in [1.165, 1.54) is 0 Å². The molecule has 0 aromatic carbocycles. The van der Waals surface area contributed by atoms with Crippen LogP contribution in [0.3, 0.4) is 0 Å². The number of fused-ring (bicyclic) bond motifs is 1. The summed E-state index contributed by atoms with van der Waals surface area (Å²) in [5.41, 5.74) is 1.61. The number of aromatic nitrogens is 4. The first-order valence-electron chi connectivity index (χ1n) is 8.71. The van der Waals surface area contributed by atoms with E-state index >= 15 is 0 Å². The fourth-order valence-corrected chi connectivity index (χ4v) is 3.45. The van der Waals surface area contributed by atoms with Crippen molar-refractivity contribution in [1.82, 2.24) is 24.0 Å². The molecule has 0 radical (unpaired) electrons. The molecule has 0 bridgehead atoms. The Morgan fingerprint density at radius 2 is 1.96 bits per heavy atom. The maximum absolute atomic E-state index is 12.7. The van der Waals surface area contributed by atoms with E-state index in [2.05, 4.69) is 9.97 Å². The Morgan fingerprint density at radius 1 is 1.24 bits per heavy atom. The van der Waals surface area contributed by atoms with Gasteiger partial charge in [0.25, 0.3) is 5.56 Å². The summed E-state index contributed by atoms with van der Waals surface area (Å²) in [5, 5.41) is 0. The molecule has 0 unspecified atom stereocenters. The average molecular weight is 343 g/mol. The Balaban J connectivity index is 1.71. The van der Waals surface area contributed by atoms with Crippen LogP contribution in [0.2, 0.25) is 0 Å². The predicted molar refractivity (Wildman–Crippen MR) is 94.5 cm³/mol. The third-order valence-electron chi connectivity index (χ3n) is 5.10. The van der Waals surface area contributed by atoms with Crippen molar-refractivity contribution in [1.29, 1.82) is 0 Å². The topological polar surface area (TPSA) is 73.0 Å². The van der Waals surface area contributed by atoms with Crippen LogP contribution in [0, 0.1) is 13.8 Å². The molecule has 0 spiro atoms. The lowest BCUT2D eigenvalue weighted by Crippen LogP contribution is -2.34. The molecule has 1 aliphatic heterocycles. The van der Waals surface area contributed by atoms with Crippen LogP contribution in [0.15, 0.2) is 17.2 Å². The van der Waals surface area contributed by atoms with Gasteiger partial charge in [0.1, 0.15) is 11.6 Å². The second-order valence-corrected chi connectivity index (χ2v) is 6.76. The summed E-state index contributed by atoms with van der Waals surface area (Å²) in [6.07, 6.45) is 5.29. The molecule has 1 amide bonds. The highest BCUT2D eigenvalue weighted by Gasteiger charge is 2.23. The van der Waals surface area contributed by atoms with E-state index in [0.29, 0.717) is 38.2 Å². The Labute approximate surface area is 147 Å². The van der Waals surface area contributed by atoms with Gasteiger partial charge in [-0.3, -0.25) is 14.2 Å². The smallest absolute Gasteiger partial charge is 0.256 e. The van der Waals surface area contributed by atoms with Crippen LogP contribution in [0.5, 0.6) is 0 Å². The van der Waals surface area contributed by atoms with Crippen molar-refractivity contribution in [2.24, 2.45) is 7.05 Å². The quantitative estimate of drug-likeness (QED) is 0.839. The number of hydrogen-bond donors (Lipinski definition) is 0. The summed E-state index contributed by atoms with van der Waals surface area (Å²) in [6.45, 7) is 6.99. The number of carbonyl (C=O) groups excluding carboxylic acids is 1. The lowest BCUT2D eigenvalue weighted by molar-refractivity contribution is -0.131. The minimum Gasteiger partial charge on any atom is -0.342 e. The molecule has 0 saturated carbocycles. The molecule has 0 saturated heterocycles. The van der Waals surface area contributed by atoms with Gasteiger partial charge < -0.3 is 9.47 Å². The summed E-state index contributed by atoms with van der Waals surface area (Å²) in [5.74, 6) is 1.74. The number of hydrogen-bond acceptors (Lipinski definition) is 4. The number of carbonyl (C=O) groups is 1. The van der Waals surface area contributed by atoms with Gasteiger partial charge in [0.05, 0.1) is 5.69 Å². The van der Waals surface area contributed by atoms with Crippen LogP contribution in [-0.4, -0.2) is 43.0 Å². The van der Waals surface area contributed by atoms with E-state index in [4.69, 9.17) is 0 Å².